The number of methoxy groups -OCH3 is 1. The van der Waals surface area contributed by atoms with Gasteiger partial charge in [-0.2, -0.15) is 5.10 Å². The molecule has 0 saturated carbocycles. The summed E-state index contributed by atoms with van der Waals surface area (Å²) in [5, 5.41) is 15.9. The van der Waals surface area contributed by atoms with Crippen molar-refractivity contribution >= 4 is 11.3 Å². The lowest BCUT2D eigenvalue weighted by atomic mass is 9.94. The number of aliphatic hydroxyl groups is 1. The molecule has 1 N–H and O–H groups in total. The lowest BCUT2D eigenvalue weighted by molar-refractivity contribution is 0.177. The molecule has 0 amide bonds. The number of nitrogens with zero attached hydrogens (tertiary/aromatic N) is 3. The van der Waals surface area contributed by atoms with Crippen LogP contribution in [-0.2, 0) is 30.7 Å². The van der Waals surface area contributed by atoms with Gasteiger partial charge in [-0.15, -0.1) is 11.3 Å². The summed E-state index contributed by atoms with van der Waals surface area (Å²) in [5.74, 6) is 1.55. The van der Waals surface area contributed by atoms with Gasteiger partial charge in [0.1, 0.15) is 6.61 Å². The number of aliphatic hydroxyl groups excluding tert-OH is 1. The predicted molar refractivity (Wildman–Crippen MR) is 77.8 cm³/mol. The monoisotopic (exact) mass is 293 g/mol. The van der Waals surface area contributed by atoms with Gasteiger partial charge in [-0.25, -0.2) is 9.67 Å². The molecule has 0 atom stereocenters. The number of ether oxygens (including phenoxy) is 1. The van der Waals surface area contributed by atoms with E-state index in [2.05, 4.69) is 15.5 Å². The fraction of sp³-hybridized carbons (Fsp3) is 0.571. The van der Waals surface area contributed by atoms with Gasteiger partial charge < -0.3 is 9.84 Å². The van der Waals surface area contributed by atoms with Gasteiger partial charge >= 0.3 is 0 Å². The summed E-state index contributed by atoms with van der Waals surface area (Å²) in [6.07, 6.45) is 4.82. The van der Waals surface area contributed by atoms with Crippen LogP contribution in [0.3, 0.4) is 0 Å². The molecule has 2 aromatic heterocycles. The summed E-state index contributed by atoms with van der Waals surface area (Å²) in [6.45, 7) is 0.939. The van der Waals surface area contributed by atoms with E-state index in [0.29, 0.717) is 19.0 Å². The third-order valence-corrected chi connectivity index (χ3v) is 4.67. The normalized spacial score (nSPS) is 14.5. The van der Waals surface area contributed by atoms with E-state index < -0.39 is 0 Å². The number of rotatable bonds is 5. The van der Waals surface area contributed by atoms with Gasteiger partial charge in [-0.1, -0.05) is 0 Å². The quantitative estimate of drug-likeness (QED) is 0.916. The molecule has 0 aliphatic heterocycles. The molecule has 2 aromatic rings. The molecule has 0 bridgehead atoms. The van der Waals surface area contributed by atoms with Crippen molar-refractivity contribution < 1.29 is 9.84 Å². The van der Waals surface area contributed by atoms with Crippen LogP contribution in [0.2, 0.25) is 0 Å². The van der Waals surface area contributed by atoms with E-state index in [9.17, 15) is 5.11 Å². The first-order valence-corrected chi connectivity index (χ1v) is 7.84. The molecule has 0 spiro atoms. The van der Waals surface area contributed by atoms with Gasteiger partial charge in [0.25, 0.3) is 0 Å². The molecule has 0 saturated heterocycles. The number of hydrogen-bond donors (Lipinski definition) is 1. The predicted octanol–water partition coefficient (Wildman–Crippen LogP) is 2.02. The molecule has 1 aliphatic carbocycles. The minimum Gasteiger partial charge on any atom is -0.394 e. The highest BCUT2D eigenvalue weighted by Crippen LogP contribution is 2.36. The summed E-state index contributed by atoms with van der Waals surface area (Å²) in [5.41, 5.74) is 2.89. The van der Waals surface area contributed by atoms with E-state index >= 15 is 0 Å². The Bertz CT molecular complexity index is 591. The van der Waals surface area contributed by atoms with Gasteiger partial charge in [0.15, 0.2) is 11.6 Å². The van der Waals surface area contributed by atoms with Gasteiger partial charge in [-0.3, -0.25) is 0 Å². The first-order chi connectivity index (χ1) is 9.83. The maximum Gasteiger partial charge on any atom is 0.176 e. The zero-order chi connectivity index (χ0) is 13.9. The van der Waals surface area contributed by atoms with Crippen molar-refractivity contribution in [3.63, 3.8) is 0 Å². The van der Waals surface area contributed by atoms with Crippen molar-refractivity contribution in [3.05, 3.63) is 22.3 Å². The summed E-state index contributed by atoms with van der Waals surface area (Å²) in [6, 6.07) is 0. The molecule has 0 fully saturated rings. The minimum atomic E-state index is 0.0658. The maximum absolute atomic E-state index is 9.20. The van der Waals surface area contributed by atoms with Gasteiger partial charge in [0.2, 0.25) is 0 Å². The van der Waals surface area contributed by atoms with Gasteiger partial charge in [-0.05, 0) is 42.2 Å². The number of aryl methyl sites for hydroxylation is 1. The molecular formula is C14H19N3O2S. The maximum atomic E-state index is 9.20. The topological polar surface area (TPSA) is 60.2 Å². The minimum absolute atomic E-state index is 0.0658. The van der Waals surface area contributed by atoms with Gasteiger partial charge in [0.05, 0.1) is 18.0 Å². The highest BCUT2D eigenvalue weighted by Gasteiger charge is 2.21. The lowest BCUT2D eigenvalue weighted by Crippen LogP contribution is -2.07. The molecule has 1 aliphatic rings. The number of aromatic nitrogens is 3. The van der Waals surface area contributed by atoms with Crippen molar-refractivity contribution in [1.82, 2.24) is 14.8 Å². The average Bonchev–Trinajstić information content (AvgIpc) is 3.03. The summed E-state index contributed by atoms with van der Waals surface area (Å²) in [7, 11) is 1.64. The second kappa shape index (κ2) is 6.03. The Morgan fingerprint density at radius 1 is 1.40 bits per heavy atom. The fourth-order valence-electron chi connectivity index (χ4n) is 2.70. The van der Waals surface area contributed by atoms with E-state index in [4.69, 9.17) is 4.74 Å². The third kappa shape index (κ3) is 2.51. The van der Waals surface area contributed by atoms with Crippen molar-refractivity contribution in [3.8, 4) is 10.7 Å². The van der Waals surface area contributed by atoms with Crippen LogP contribution >= 0.6 is 11.3 Å². The van der Waals surface area contributed by atoms with Crippen LogP contribution < -0.4 is 0 Å². The first-order valence-electron chi connectivity index (χ1n) is 6.96. The van der Waals surface area contributed by atoms with Crippen LogP contribution in [0.4, 0.5) is 0 Å². The Balaban J connectivity index is 2.01. The Morgan fingerprint density at radius 3 is 3.05 bits per heavy atom. The van der Waals surface area contributed by atoms with Crippen molar-refractivity contribution in [2.75, 3.05) is 13.7 Å². The number of fused-ring (bicyclic) bond motifs is 1. The van der Waals surface area contributed by atoms with Crippen molar-refractivity contribution in [1.29, 1.82) is 0 Å². The number of thiophene rings is 1. The Morgan fingerprint density at radius 2 is 2.25 bits per heavy atom. The second-order valence-corrected chi connectivity index (χ2v) is 5.89. The summed E-state index contributed by atoms with van der Waals surface area (Å²) in [4.78, 5) is 5.81. The molecule has 0 aromatic carbocycles. The zero-order valence-corrected chi connectivity index (χ0v) is 12.4. The van der Waals surface area contributed by atoms with Crippen LogP contribution in [0.1, 0.15) is 29.8 Å². The van der Waals surface area contributed by atoms with E-state index in [1.165, 1.54) is 35.3 Å². The van der Waals surface area contributed by atoms with E-state index in [0.717, 1.165) is 12.2 Å². The fourth-order valence-corrected chi connectivity index (χ4v) is 3.86. The molecule has 0 unspecified atom stereocenters. The smallest absolute Gasteiger partial charge is 0.176 e. The molecule has 2 heterocycles. The highest BCUT2D eigenvalue weighted by molar-refractivity contribution is 7.13. The molecule has 5 nitrogen and oxygen atoms in total. The Labute approximate surface area is 122 Å². The van der Waals surface area contributed by atoms with Crippen molar-refractivity contribution in [2.45, 2.75) is 38.8 Å². The van der Waals surface area contributed by atoms with Crippen LogP contribution in [0.5, 0.6) is 0 Å². The zero-order valence-electron chi connectivity index (χ0n) is 11.6. The molecule has 20 heavy (non-hydrogen) atoms. The highest BCUT2D eigenvalue weighted by atomic mass is 32.1. The van der Waals surface area contributed by atoms with Crippen LogP contribution in [-0.4, -0.2) is 33.6 Å². The number of hydrogen-bond acceptors (Lipinski definition) is 5. The first kappa shape index (κ1) is 13.7. The SMILES string of the molecule is COCc1nc(-c2scc3c2CCCC3)n(CCO)n1. The lowest BCUT2D eigenvalue weighted by Gasteiger charge is -2.12. The Kier molecular flexibility index (Phi) is 4.14. The average molecular weight is 293 g/mol. The molecule has 6 heteroatoms. The molecule has 108 valence electrons. The third-order valence-electron chi connectivity index (χ3n) is 3.61. The Hall–Kier alpha value is -1.24. The summed E-state index contributed by atoms with van der Waals surface area (Å²) < 4.78 is 6.91. The summed E-state index contributed by atoms with van der Waals surface area (Å²) >= 11 is 1.74. The van der Waals surface area contributed by atoms with Crippen LogP contribution in [0.15, 0.2) is 5.38 Å². The van der Waals surface area contributed by atoms with Crippen LogP contribution in [0, 0.1) is 0 Å². The molecule has 3 rings (SSSR count). The van der Waals surface area contributed by atoms with Crippen LogP contribution in [0.25, 0.3) is 10.7 Å². The standard InChI is InChI=1S/C14H19N3O2S/c1-19-8-12-15-14(17(16-12)6-7-18)13-11-5-3-2-4-10(11)9-20-13/h9,18H,2-8H2,1H3. The van der Waals surface area contributed by atoms with E-state index in [-0.39, 0.29) is 6.61 Å². The van der Waals surface area contributed by atoms with Crippen molar-refractivity contribution in [2.24, 2.45) is 0 Å². The molecule has 0 radical (unpaired) electrons. The van der Waals surface area contributed by atoms with E-state index in [1.807, 2.05) is 0 Å². The molecular weight excluding hydrogens is 274 g/mol. The second-order valence-electron chi connectivity index (χ2n) is 5.01. The largest absolute Gasteiger partial charge is 0.394 e. The van der Waals surface area contributed by atoms with Gasteiger partial charge in [0, 0.05) is 7.11 Å². The van der Waals surface area contributed by atoms with E-state index in [1.54, 1.807) is 23.1 Å².